The van der Waals surface area contributed by atoms with Crippen LogP contribution in [0.1, 0.15) is 37.6 Å². The van der Waals surface area contributed by atoms with Gasteiger partial charge in [-0.15, -0.1) is 0 Å². The predicted octanol–water partition coefficient (Wildman–Crippen LogP) is 1.93. The van der Waals surface area contributed by atoms with Crippen LogP contribution in [0.3, 0.4) is 0 Å². The zero-order valence-corrected chi connectivity index (χ0v) is 11.5. The van der Waals surface area contributed by atoms with Crippen molar-refractivity contribution in [3.8, 4) is 0 Å². The minimum absolute atomic E-state index is 0.158. The van der Waals surface area contributed by atoms with E-state index in [9.17, 15) is 9.59 Å². The second kappa shape index (κ2) is 6.89. The van der Waals surface area contributed by atoms with E-state index in [0.29, 0.717) is 17.7 Å². The van der Waals surface area contributed by atoms with Crippen molar-refractivity contribution in [2.24, 2.45) is 5.73 Å². The fourth-order valence-corrected chi connectivity index (χ4v) is 1.39. The molecule has 0 saturated heterocycles. The van der Waals surface area contributed by atoms with E-state index in [1.165, 1.54) is 0 Å². The molecule has 0 aromatic heterocycles. The van der Waals surface area contributed by atoms with Gasteiger partial charge in [-0.05, 0) is 44.5 Å². The van der Waals surface area contributed by atoms with Gasteiger partial charge < -0.3 is 15.8 Å². The lowest BCUT2D eigenvalue weighted by Crippen LogP contribution is -2.34. The van der Waals surface area contributed by atoms with Gasteiger partial charge >= 0.3 is 5.97 Å². The number of benzene rings is 1. The molecule has 1 amide bonds. The van der Waals surface area contributed by atoms with Crippen LogP contribution in [-0.4, -0.2) is 24.0 Å². The van der Waals surface area contributed by atoms with Crippen molar-refractivity contribution < 1.29 is 14.3 Å². The third-order valence-corrected chi connectivity index (χ3v) is 2.51. The molecule has 0 aliphatic heterocycles. The van der Waals surface area contributed by atoms with Crippen molar-refractivity contribution in [1.29, 1.82) is 0 Å². The summed E-state index contributed by atoms with van der Waals surface area (Å²) in [6, 6.07) is 6.00. The van der Waals surface area contributed by atoms with Crippen LogP contribution >= 0.6 is 0 Å². The summed E-state index contributed by atoms with van der Waals surface area (Å²) in [4.78, 5) is 23.2. The quantitative estimate of drug-likeness (QED) is 0.796. The van der Waals surface area contributed by atoms with Crippen LogP contribution in [0, 0.1) is 0 Å². The highest BCUT2D eigenvalue weighted by molar-refractivity contribution is 5.95. The number of esters is 1. The van der Waals surface area contributed by atoms with E-state index in [2.05, 4.69) is 5.32 Å². The monoisotopic (exact) mass is 264 g/mol. The maximum Gasteiger partial charge on any atom is 0.338 e. The molecule has 0 spiro atoms. The summed E-state index contributed by atoms with van der Waals surface area (Å²) in [5, 5.41) is 2.68. The Labute approximate surface area is 113 Å². The molecule has 0 heterocycles. The van der Waals surface area contributed by atoms with Gasteiger partial charge in [0.1, 0.15) is 0 Å². The minimum Gasteiger partial charge on any atom is -0.459 e. The first-order valence-corrected chi connectivity index (χ1v) is 6.31. The highest BCUT2D eigenvalue weighted by atomic mass is 16.5. The third kappa shape index (κ3) is 4.71. The minimum atomic E-state index is -0.523. The highest BCUT2D eigenvalue weighted by Crippen LogP contribution is 2.11. The van der Waals surface area contributed by atoms with Crippen LogP contribution < -0.4 is 11.1 Å². The first kappa shape index (κ1) is 15.2. The molecule has 104 valence electrons. The normalized spacial score (nSPS) is 12.1. The van der Waals surface area contributed by atoms with Gasteiger partial charge in [-0.3, -0.25) is 4.79 Å². The van der Waals surface area contributed by atoms with Crippen molar-refractivity contribution in [2.75, 3.05) is 5.32 Å². The molecule has 0 aliphatic carbocycles. The molecule has 0 radical (unpaired) electrons. The van der Waals surface area contributed by atoms with Crippen molar-refractivity contribution in [3.05, 3.63) is 29.8 Å². The number of hydrogen-bond acceptors (Lipinski definition) is 4. The largest absolute Gasteiger partial charge is 0.459 e. The number of anilines is 1. The Morgan fingerprint density at radius 2 is 1.84 bits per heavy atom. The smallest absolute Gasteiger partial charge is 0.338 e. The van der Waals surface area contributed by atoms with Crippen molar-refractivity contribution in [2.45, 2.75) is 39.3 Å². The van der Waals surface area contributed by atoms with E-state index >= 15 is 0 Å². The maximum absolute atomic E-state index is 11.6. The molecule has 5 heteroatoms. The molecule has 0 bridgehead atoms. The molecular formula is C14H20N2O3. The van der Waals surface area contributed by atoms with Crippen LogP contribution in [0.4, 0.5) is 5.69 Å². The van der Waals surface area contributed by atoms with E-state index in [1.54, 1.807) is 38.1 Å². The van der Waals surface area contributed by atoms with Crippen LogP contribution in [-0.2, 0) is 9.53 Å². The molecule has 0 unspecified atom stereocenters. The van der Waals surface area contributed by atoms with Crippen molar-refractivity contribution >= 4 is 17.6 Å². The highest BCUT2D eigenvalue weighted by Gasteiger charge is 2.12. The Morgan fingerprint density at radius 3 is 2.32 bits per heavy atom. The van der Waals surface area contributed by atoms with E-state index < -0.39 is 6.04 Å². The molecule has 1 rings (SSSR count). The fourth-order valence-electron chi connectivity index (χ4n) is 1.39. The zero-order chi connectivity index (χ0) is 14.4. The SMILES string of the molecule is CC[C@@H](N)C(=O)Nc1ccc(C(=O)OC(C)C)cc1. The van der Waals surface area contributed by atoms with Crippen LogP contribution in [0.2, 0.25) is 0 Å². The number of nitrogens with two attached hydrogens (primary N) is 1. The van der Waals surface area contributed by atoms with Crippen LogP contribution in [0.25, 0.3) is 0 Å². The number of hydrogen-bond donors (Lipinski definition) is 2. The summed E-state index contributed by atoms with van der Waals surface area (Å²) in [6.45, 7) is 5.42. The topological polar surface area (TPSA) is 81.4 Å². The van der Waals surface area contributed by atoms with Crippen molar-refractivity contribution in [3.63, 3.8) is 0 Å². The number of carbonyl (C=O) groups is 2. The summed E-state index contributed by atoms with van der Waals surface area (Å²) in [5.74, 6) is -0.613. The Hall–Kier alpha value is -1.88. The van der Waals surface area contributed by atoms with E-state index in [1.807, 2.05) is 6.92 Å². The molecule has 0 fully saturated rings. The molecule has 19 heavy (non-hydrogen) atoms. The number of rotatable bonds is 5. The average Bonchev–Trinajstić information content (AvgIpc) is 2.37. The van der Waals surface area contributed by atoms with E-state index in [0.717, 1.165) is 0 Å². The van der Waals surface area contributed by atoms with Crippen molar-refractivity contribution in [1.82, 2.24) is 0 Å². The van der Waals surface area contributed by atoms with Crippen LogP contribution in [0.5, 0.6) is 0 Å². The lowest BCUT2D eigenvalue weighted by molar-refractivity contribution is -0.117. The first-order chi connectivity index (χ1) is 8.93. The molecule has 0 saturated carbocycles. The van der Waals surface area contributed by atoms with Gasteiger partial charge in [-0.2, -0.15) is 0 Å². The summed E-state index contributed by atoms with van der Waals surface area (Å²) < 4.78 is 5.07. The number of amides is 1. The second-order valence-corrected chi connectivity index (χ2v) is 4.54. The lowest BCUT2D eigenvalue weighted by Gasteiger charge is -2.11. The molecule has 0 aliphatic rings. The number of carbonyl (C=O) groups excluding carboxylic acids is 2. The van der Waals surface area contributed by atoms with Gasteiger partial charge in [0, 0.05) is 5.69 Å². The van der Waals surface area contributed by atoms with Gasteiger partial charge in [0.05, 0.1) is 17.7 Å². The van der Waals surface area contributed by atoms with E-state index in [4.69, 9.17) is 10.5 Å². The van der Waals surface area contributed by atoms with Gasteiger partial charge in [0.2, 0.25) is 5.91 Å². The Bertz CT molecular complexity index is 441. The summed E-state index contributed by atoms with van der Waals surface area (Å²) in [5.41, 5.74) is 6.67. The molecular weight excluding hydrogens is 244 g/mol. The zero-order valence-electron chi connectivity index (χ0n) is 11.5. The second-order valence-electron chi connectivity index (χ2n) is 4.54. The summed E-state index contributed by atoms with van der Waals surface area (Å²) in [7, 11) is 0. The molecule has 1 atom stereocenters. The summed E-state index contributed by atoms with van der Waals surface area (Å²) in [6.07, 6.45) is 0.416. The average molecular weight is 264 g/mol. The molecule has 1 aromatic rings. The Morgan fingerprint density at radius 1 is 1.26 bits per heavy atom. The van der Waals surface area contributed by atoms with E-state index in [-0.39, 0.29) is 18.0 Å². The molecule has 5 nitrogen and oxygen atoms in total. The predicted molar refractivity (Wildman–Crippen MR) is 73.9 cm³/mol. The standard InChI is InChI=1S/C14H20N2O3/c1-4-12(15)13(17)16-11-7-5-10(6-8-11)14(18)19-9(2)3/h5-9,12H,4,15H2,1-3H3,(H,16,17)/t12-/m1/s1. The van der Waals surface area contributed by atoms with Gasteiger partial charge in [-0.25, -0.2) is 4.79 Å². The lowest BCUT2D eigenvalue weighted by atomic mass is 10.2. The third-order valence-electron chi connectivity index (χ3n) is 2.51. The maximum atomic E-state index is 11.6. The Balaban J connectivity index is 2.66. The van der Waals surface area contributed by atoms with Gasteiger partial charge in [-0.1, -0.05) is 6.92 Å². The Kier molecular flexibility index (Phi) is 5.51. The fraction of sp³-hybridized carbons (Fsp3) is 0.429. The van der Waals surface area contributed by atoms with Gasteiger partial charge in [0.15, 0.2) is 0 Å². The number of nitrogens with one attached hydrogen (secondary N) is 1. The molecule has 1 aromatic carbocycles. The summed E-state index contributed by atoms with van der Waals surface area (Å²) >= 11 is 0. The number of ether oxygens (including phenoxy) is 1. The van der Waals surface area contributed by atoms with Crippen LogP contribution in [0.15, 0.2) is 24.3 Å². The first-order valence-electron chi connectivity index (χ1n) is 6.31. The van der Waals surface area contributed by atoms with Gasteiger partial charge in [0.25, 0.3) is 0 Å². The molecule has 3 N–H and O–H groups in total.